The number of azo groups is 1. The molecular weight excluding hydrogens is 338 g/mol. The van der Waals surface area contributed by atoms with Gasteiger partial charge in [0.15, 0.2) is 0 Å². The highest BCUT2D eigenvalue weighted by molar-refractivity contribution is 6.05. The van der Waals surface area contributed by atoms with Crippen LogP contribution in [-0.4, -0.2) is 4.98 Å². The predicted molar refractivity (Wildman–Crippen MR) is 106 cm³/mol. The second-order valence-corrected chi connectivity index (χ2v) is 6.18. The lowest BCUT2D eigenvalue weighted by Crippen LogP contribution is -2.01. The first-order chi connectivity index (χ1) is 13.3. The highest BCUT2D eigenvalue weighted by atomic mass is 16.4. The molecule has 5 heteroatoms. The molecule has 0 aliphatic rings. The van der Waals surface area contributed by atoms with Crippen molar-refractivity contribution in [2.75, 3.05) is 0 Å². The van der Waals surface area contributed by atoms with Crippen molar-refractivity contribution in [3.05, 3.63) is 89.3 Å². The average molecular weight is 351 g/mol. The van der Waals surface area contributed by atoms with E-state index in [0.29, 0.717) is 22.2 Å². The van der Waals surface area contributed by atoms with Gasteiger partial charge in [0, 0.05) is 10.8 Å². The Kier molecular flexibility index (Phi) is 3.50. The number of hydrogen-bond donors (Lipinski definition) is 0. The molecule has 3 aromatic carbocycles. The van der Waals surface area contributed by atoms with Gasteiger partial charge in [-0.05, 0) is 48.5 Å². The van der Waals surface area contributed by atoms with Crippen molar-refractivity contribution in [3.8, 4) is 0 Å². The van der Waals surface area contributed by atoms with E-state index in [4.69, 9.17) is 9.40 Å². The summed E-state index contributed by atoms with van der Waals surface area (Å²) in [7, 11) is 0. The molecule has 5 rings (SSSR count). The third kappa shape index (κ3) is 2.75. The summed E-state index contributed by atoms with van der Waals surface area (Å²) in [4.78, 5) is 17.1. The Bertz CT molecular complexity index is 1390. The van der Waals surface area contributed by atoms with Crippen LogP contribution in [0, 0.1) is 0 Å². The molecule has 0 radical (unpaired) electrons. The largest absolute Gasteiger partial charge is 0.422 e. The number of nitrogens with zero attached hydrogens (tertiary/aromatic N) is 3. The van der Waals surface area contributed by atoms with Crippen LogP contribution in [0.4, 0.5) is 11.4 Å². The van der Waals surface area contributed by atoms with Crippen LogP contribution in [-0.2, 0) is 0 Å². The highest BCUT2D eigenvalue weighted by Crippen LogP contribution is 2.27. The Morgan fingerprint density at radius 3 is 2.41 bits per heavy atom. The van der Waals surface area contributed by atoms with Crippen molar-refractivity contribution in [3.63, 3.8) is 0 Å². The summed E-state index contributed by atoms with van der Waals surface area (Å²) in [6.07, 6.45) is 0. The zero-order valence-corrected chi connectivity index (χ0v) is 14.2. The number of pyridine rings is 1. The number of fused-ring (bicyclic) bond motifs is 4. The third-order valence-electron chi connectivity index (χ3n) is 4.40. The van der Waals surface area contributed by atoms with Gasteiger partial charge in [-0.1, -0.05) is 30.3 Å². The number of benzene rings is 3. The van der Waals surface area contributed by atoms with Gasteiger partial charge in [0.05, 0.1) is 27.8 Å². The monoisotopic (exact) mass is 351 g/mol. The van der Waals surface area contributed by atoms with E-state index < -0.39 is 5.63 Å². The molecule has 2 heterocycles. The maximum Gasteiger partial charge on any atom is 0.345 e. The van der Waals surface area contributed by atoms with E-state index in [2.05, 4.69) is 10.2 Å². The van der Waals surface area contributed by atoms with E-state index in [-0.39, 0.29) is 0 Å². The van der Waals surface area contributed by atoms with E-state index in [1.807, 2.05) is 66.7 Å². The summed E-state index contributed by atoms with van der Waals surface area (Å²) in [5, 5.41) is 10.6. The first-order valence-electron chi connectivity index (χ1n) is 8.51. The summed E-state index contributed by atoms with van der Waals surface area (Å²) >= 11 is 0. The number of hydrogen-bond acceptors (Lipinski definition) is 5. The standard InChI is InChI=1S/C22H13N3O2/c26-22-18-13-14-12-16(25-24-15-6-2-1-3-7-15)10-11-19(14)23-21(18)17-8-4-5-9-20(17)27-22/h1-13H. The molecule has 0 aliphatic heterocycles. The summed E-state index contributed by atoms with van der Waals surface area (Å²) in [6.45, 7) is 0. The van der Waals surface area contributed by atoms with Gasteiger partial charge in [-0.15, -0.1) is 0 Å². The van der Waals surface area contributed by atoms with Gasteiger partial charge in [-0.2, -0.15) is 10.2 Å². The van der Waals surface area contributed by atoms with Crippen LogP contribution in [0.15, 0.2) is 98.3 Å². The summed E-state index contributed by atoms with van der Waals surface area (Å²) < 4.78 is 5.42. The molecule has 0 spiro atoms. The molecule has 0 atom stereocenters. The SMILES string of the molecule is O=c1oc2ccccc2c2nc3ccc(N=Nc4ccccc4)cc3cc12. The zero-order chi connectivity index (χ0) is 18.2. The smallest absolute Gasteiger partial charge is 0.345 e. The van der Waals surface area contributed by atoms with Crippen LogP contribution in [0.3, 0.4) is 0 Å². The summed E-state index contributed by atoms with van der Waals surface area (Å²) in [6, 6.07) is 24.4. The van der Waals surface area contributed by atoms with Crippen molar-refractivity contribution in [2.24, 2.45) is 10.2 Å². The predicted octanol–water partition coefficient (Wildman–Crippen LogP) is 5.91. The molecule has 128 valence electrons. The molecule has 0 saturated heterocycles. The van der Waals surface area contributed by atoms with Crippen molar-refractivity contribution in [1.29, 1.82) is 0 Å². The van der Waals surface area contributed by atoms with Gasteiger partial charge < -0.3 is 4.42 Å². The van der Waals surface area contributed by atoms with Crippen molar-refractivity contribution in [2.45, 2.75) is 0 Å². The zero-order valence-electron chi connectivity index (χ0n) is 14.2. The van der Waals surface area contributed by atoms with Crippen LogP contribution in [0.1, 0.15) is 0 Å². The number of rotatable bonds is 2. The van der Waals surface area contributed by atoms with Gasteiger partial charge in [0.25, 0.3) is 0 Å². The van der Waals surface area contributed by atoms with E-state index in [1.165, 1.54) is 0 Å². The van der Waals surface area contributed by atoms with E-state index >= 15 is 0 Å². The number of aromatic nitrogens is 1. The Morgan fingerprint density at radius 2 is 1.52 bits per heavy atom. The van der Waals surface area contributed by atoms with Crippen molar-refractivity contribution in [1.82, 2.24) is 4.98 Å². The minimum absolute atomic E-state index is 0.394. The molecule has 5 aromatic rings. The van der Waals surface area contributed by atoms with Gasteiger partial charge >= 0.3 is 5.63 Å². The van der Waals surface area contributed by atoms with Crippen LogP contribution in [0.25, 0.3) is 32.8 Å². The van der Waals surface area contributed by atoms with Crippen LogP contribution in [0.2, 0.25) is 0 Å². The van der Waals surface area contributed by atoms with Crippen LogP contribution in [0.5, 0.6) is 0 Å². The van der Waals surface area contributed by atoms with Gasteiger partial charge in [-0.3, -0.25) is 0 Å². The maximum atomic E-state index is 12.4. The first kappa shape index (κ1) is 15.4. The van der Waals surface area contributed by atoms with Crippen molar-refractivity contribution < 1.29 is 4.42 Å². The fraction of sp³-hybridized carbons (Fsp3) is 0. The molecule has 0 fully saturated rings. The highest BCUT2D eigenvalue weighted by Gasteiger charge is 2.10. The Balaban J connectivity index is 1.68. The first-order valence-corrected chi connectivity index (χ1v) is 8.51. The molecule has 0 N–H and O–H groups in total. The van der Waals surface area contributed by atoms with Crippen LogP contribution < -0.4 is 5.63 Å². The summed E-state index contributed by atoms with van der Waals surface area (Å²) in [5.41, 5.74) is 3.05. The minimum Gasteiger partial charge on any atom is -0.422 e. The summed E-state index contributed by atoms with van der Waals surface area (Å²) in [5.74, 6) is 0. The molecule has 27 heavy (non-hydrogen) atoms. The molecular formula is C22H13N3O2. The van der Waals surface area contributed by atoms with Gasteiger partial charge in [0.2, 0.25) is 0 Å². The molecule has 0 saturated carbocycles. The lowest BCUT2D eigenvalue weighted by molar-refractivity contribution is 0.569. The average Bonchev–Trinajstić information content (AvgIpc) is 2.72. The lowest BCUT2D eigenvalue weighted by atomic mass is 10.1. The fourth-order valence-electron chi connectivity index (χ4n) is 3.10. The second-order valence-electron chi connectivity index (χ2n) is 6.18. The molecule has 0 amide bonds. The fourth-order valence-corrected chi connectivity index (χ4v) is 3.10. The molecule has 0 unspecified atom stereocenters. The van der Waals surface area contributed by atoms with Gasteiger partial charge in [-0.25, -0.2) is 9.78 Å². The minimum atomic E-state index is -0.394. The van der Waals surface area contributed by atoms with E-state index in [1.54, 1.807) is 12.1 Å². The van der Waals surface area contributed by atoms with Crippen LogP contribution >= 0.6 is 0 Å². The van der Waals surface area contributed by atoms with E-state index in [0.717, 1.165) is 22.0 Å². The number of para-hydroxylation sites is 1. The molecule has 2 aromatic heterocycles. The Labute approximate surface area is 153 Å². The quantitative estimate of drug-likeness (QED) is 0.172. The molecule has 0 aliphatic carbocycles. The second kappa shape index (κ2) is 6.14. The lowest BCUT2D eigenvalue weighted by Gasteiger charge is -2.04. The molecule has 5 nitrogen and oxygen atoms in total. The van der Waals surface area contributed by atoms with Gasteiger partial charge in [0.1, 0.15) is 5.58 Å². The Hall–Kier alpha value is -3.86. The van der Waals surface area contributed by atoms with Crippen molar-refractivity contribution >= 4 is 44.1 Å². The van der Waals surface area contributed by atoms with E-state index in [9.17, 15) is 4.79 Å². The topological polar surface area (TPSA) is 67.8 Å². The third-order valence-corrected chi connectivity index (χ3v) is 4.40. The maximum absolute atomic E-state index is 12.4. The normalized spacial score (nSPS) is 11.7. The Morgan fingerprint density at radius 1 is 0.741 bits per heavy atom. The molecule has 0 bridgehead atoms.